The highest BCUT2D eigenvalue weighted by Gasteiger charge is 2.26. The number of carbonyl (C=O) groups excluding carboxylic acids is 1. The van der Waals surface area contributed by atoms with Gasteiger partial charge in [0.05, 0.1) is 0 Å². The third kappa shape index (κ3) is 3.86. The average Bonchev–Trinajstić information content (AvgIpc) is 3.14. The number of anilines is 1. The SMILES string of the molecule is CN1CCN(c2ccc(C(=O)N3CCC(c4nccn4C)CC3)cc2)CC1. The van der Waals surface area contributed by atoms with Crippen molar-refractivity contribution in [3.8, 4) is 0 Å². The van der Waals surface area contributed by atoms with Crippen molar-refractivity contribution >= 4 is 11.6 Å². The summed E-state index contributed by atoms with van der Waals surface area (Å²) >= 11 is 0. The number of likely N-dealkylation sites (N-methyl/N-ethyl adjacent to an activating group) is 1. The quantitative estimate of drug-likeness (QED) is 0.834. The topological polar surface area (TPSA) is 44.6 Å². The summed E-state index contributed by atoms with van der Waals surface area (Å²) in [7, 11) is 4.21. The van der Waals surface area contributed by atoms with Crippen LogP contribution in [0.3, 0.4) is 0 Å². The number of hydrogen-bond acceptors (Lipinski definition) is 4. The fourth-order valence-corrected chi connectivity index (χ4v) is 4.17. The van der Waals surface area contributed by atoms with Crippen LogP contribution in [0.5, 0.6) is 0 Å². The van der Waals surface area contributed by atoms with E-state index in [1.54, 1.807) is 0 Å². The Morgan fingerprint density at radius 3 is 2.22 bits per heavy atom. The molecule has 4 rings (SSSR count). The number of rotatable bonds is 3. The number of piperidine rings is 1. The van der Waals surface area contributed by atoms with Crippen LogP contribution in [0.25, 0.3) is 0 Å². The van der Waals surface area contributed by atoms with E-state index in [1.165, 1.54) is 5.69 Å². The van der Waals surface area contributed by atoms with E-state index in [0.29, 0.717) is 5.92 Å². The highest BCUT2D eigenvalue weighted by molar-refractivity contribution is 5.94. The van der Waals surface area contributed by atoms with Crippen LogP contribution in [0.15, 0.2) is 36.7 Å². The molecule has 0 atom stereocenters. The molecule has 6 heteroatoms. The normalized spacial score (nSPS) is 19.5. The van der Waals surface area contributed by atoms with Gasteiger partial charge in [0.2, 0.25) is 0 Å². The summed E-state index contributed by atoms with van der Waals surface area (Å²) in [5.74, 6) is 1.74. The summed E-state index contributed by atoms with van der Waals surface area (Å²) in [5, 5.41) is 0. The molecule has 3 heterocycles. The molecule has 27 heavy (non-hydrogen) atoms. The maximum atomic E-state index is 12.9. The first-order valence-corrected chi connectivity index (χ1v) is 9.92. The first-order chi connectivity index (χ1) is 13.1. The summed E-state index contributed by atoms with van der Waals surface area (Å²) in [5.41, 5.74) is 2.01. The molecular weight excluding hydrogens is 338 g/mol. The zero-order valence-corrected chi connectivity index (χ0v) is 16.3. The van der Waals surface area contributed by atoms with Crippen molar-refractivity contribution in [1.82, 2.24) is 19.4 Å². The Hall–Kier alpha value is -2.34. The van der Waals surface area contributed by atoms with E-state index in [-0.39, 0.29) is 5.91 Å². The summed E-state index contributed by atoms with van der Waals surface area (Å²) in [4.78, 5) is 24.1. The first kappa shape index (κ1) is 18.0. The monoisotopic (exact) mass is 367 g/mol. The van der Waals surface area contributed by atoms with E-state index in [9.17, 15) is 4.79 Å². The molecule has 2 aromatic rings. The lowest BCUT2D eigenvalue weighted by molar-refractivity contribution is 0.0710. The second kappa shape index (κ2) is 7.72. The molecule has 2 aliphatic heterocycles. The third-order valence-electron chi connectivity index (χ3n) is 5.99. The summed E-state index contributed by atoms with van der Waals surface area (Å²) < 4.78 is 2.10. The molecule has 0 saturated carbocycles. The molecule has 6 nitrogen and oxygen atoms in total. The van der Waals surface area contributed by atoms with Crippen molar-refractivity contribution in [2.45, 2.75) is 18.8 Å². The number of imidazole rings is 1. The Morgan fingerprint density at radius 2 is 1.63 bits per heavy atom. The molecule has 2 fully saturated rings. The lowest BCUT2D eigenvalue weighted by Crippen LogP contribution is -2.44. The Balaban J connectivity index is 1.35. The van der Waals surface area contributed by atoms with Gasteiger partial charge in [0, 0.05) is 75.9 Å². The van der Waals surface area contributed by atoms with E-state index < -0.39 is 0 Å². The van der Waals surface area contributed by atoms with Crippen LogP contribution in [0, 0.1) is 0 Å². The average molecular weight is 367 g/mol. The summed E-state index contributed by atoms with van der Waals surface area (Å²) in [6.45, 7) is 5.87. The Kier molecular flexibility index (Phi) is 5.16. The van der Waals surface area contributed by atoms with Gasteiger partial charge in [-0.05, 0) is 44.2 Å². The van der Waals surface area contributed by atoms with Gasteiger partial charge in [0.25, 0.3) is 5.91 Å². The number of carbonyl (C=O) groups is 1. The summed E-state index contributed by atoms with van der Waals surface area (Å²) in [6, 6.07) is 8.17. The second-order valence-corrected chi connectivity index (χ2v) is 7.80. The van der Waals surface area contributed by atoms with Crippen LogP contribution >= 0.6 is 0 Å². The van der Waals surface area contributed by atoms with Gasteiger partial charge < -0.3 is 19.3 Å². The van der Waals surface area contributed by atoms with Gasteiger partial charge in [-0.25, -0.2) is 4.98 Å². The van der Waals surface area contributed by atoms with E-state index in [0.717, 1.165) is 63.5 Å². The van der Waals surface area contributed by atoms with E-state index in [2.05, 4.69) is 38.5 Å². The van der Waals surface area contributed by atoms with Crippen molar-refractivity contribution < 1.29 is 4.79 Å². The molecule has 0 bridgehead atoms. The van der Waals surface area contributed by atoms with Crippen molar-refractivity contribution in [2.75, 3.05) is 51.2 Å². The second-order valence-electron chi connectivity index (χ2n) is 7.80. The van der Waals surface area contributed by atoms with Crippen LogP contribution in [0.4, 0.5) is 5.69 Å². The molecule has 1 aromatic carbocycles. The number of aryl methyl sites for hydroxylation is 1. The van der Waals surface area contributed by atoms with Gasteiger partial charge in [0.15, 0.2) is 0 Å². The lowest BCUT2D eigenvalue weighted by Gasteiger charge is -2.34. The largest absolute Gasteiger partial charge is 0.369 e. The van der Waals surface area contributed by atoms with Crippen LogP contribution in [-0.2, 0) is 7.05 Å². The number of likely N-dealkylation sites (tertiary alicyclic amines) is 1. The Labute approximate surface area is 161 Å². The molecule has 0 N–H and O–H groups in total. The fourth-order valence-electron chi connectivity index (χ4n) is 4.17. The van der Waals surface area contributed by atoms with Crippen LogP contribution < -0.4 is 4.90 Å². The lowest BCUT2D eigenvalue weighted by atomic mass is 9.95. The number of hydrogen-bond donors (Lipinski definition) is 0. The Bertz CT molecular complexity index is 768. The zero-order chi connectivity index (χ0) is 18.8. The number of piperazine rings is 1. The van der Waals surface area contributed by atoms with Gasteiger partial charge >= 0.3 is 0 Å². The number of aromatic nitrogens is 2. The number of nitrogens with zero attached hydrogens (tertiary/aromatic N) is 5. The smallest absolute Gasteiger partial charge is 0.253 e. The maximum Gasteiger partial charge on any atom is 0.253 e. The van der Waals surface area contributed by atoms with Gasteiger partial charge in [-0.3, -0.25) is 4.79 Å². The third-order valence-corrected chi connectivity index (χ3v) is 5.99. The van der Waals surface area contributed by atoms with E-state index in [1.807, 2.05) is 36.5 Å². The minimum absolute atomic E-state index is 0.151. The molecule has 2 aliphatic rings. The molecule has 0 aliphatic carbocycles. The van der Waals surface area contributed by atoms with Crippen molar-refractivity contribution in [2.24, 2.45) is 7.05 Å². The fraction of sp³-hybridized carbons (Fsp3) is 0.524. The maximum absolute atomic E-state index is 12.9. The van der Waals surface area contributed by atoms with E-state index in [4.69, 9.17) is 0 Å². The van der Waals surface area contributed by atoms with Crippen molar-refractivity contribution in [3.63, 3.8) is 0 Å². The number of amides is 1. The molecule has 0 radical (unpaired) electrons. The molecular formula is C21H29N5O. The molecule has 144 valence electrons. The van der Waals surface area contributed by atoms with Crippen molar-refractivity contribution in [1.29, 1.82) is 0 Å². The highest BCUT2D eigenvalue weighted by atomic mass is 16.2. The zero-order valence-electron chi connectivity index (χ0n) is 16.3. The molecule has 0 spiro atoms. The van der Waals surface area contributed by atoms with Crippen LogP contribution in [0.2, 0.25) is 0 Å². The first-order valence-electron chi connectivity index (χ1n) is 9.92. The van der Waals surface area contributed by atoms with Gasteiger partial charge in [-0.1, -0.05) is 0 Å². The van der Waals surface area contributed by atoms with Crippen molar-refractivity contribution in [3.05, 3.63) is 48.0 Å². The van der Waals surface area contributed by atoms with Crippen LogP contribution in [-0.4, -0.2) is 71.6 Å². The predicted molar refractivity (Wildman–Crippen MR) is 107 cm³/mol. The van der Waals surface area contributed by atoms with Gasteiger partial charge in [-0.2, -0.15) is 0 Å². The molecule has 0 unspecified atom stereocenters. The summed E-state index contributed by atoms with van der Waals surface area (Å²) in [6.07, 6.45) is 5.81. The van der Waals surface area contributed by atoms with Gasteiger partial charge in [-0.15, -0.1) is 0 Å². The van der Waals surface area contributed by atoms with Crippen LogP contribution in [0.1, 0.15) is 34.9 Å². The Morgan fingerprint density at radius 1 is 0.963 bits per heavy atom. The molecule has 1 amide bonds. The highest BCUT2D eigenvalue weighted by Crippen LogP contribution is 2.27. The molecule has 1 aromatic heterocycles. The van der Waals surface area contributed by atoms with Gasteiger partial charge in [0.1, 0.15) is 5.82 Å². The standard InChI is InChI=1S/C21H29N5O/c1-23-13-15-25(16-14-23)19-5-3-18(4-6-19)21(27)26-10-7-17(8-11-26)20-22-9-12-24(20)2/h3-6,9,12,17H,7-8,10-11,13-16H2,1-2H3. The minimum atomic E-state index is 0.151. The number of benzene rings is 1. The van der Waals surface area contributed by atoms with E-state index >= 15 is 0 Å². The predicted octanol–water partition coefficient (Wildman–Crippen LogP) is 2.19. The minimum Gasteiger partial charge on any atom is -0.369 e. The molecule has 2 saturated heterocycles.